The van der Waals surface area contributed by atoms with E-state index >= 15 is 0 Å². The van der Waals surface area contributed by atoms with Gasteiger partial charge in [-0.1, -0.05) is 30.3 Å². The van der Waals surface area contributed by atoms with E-state index in [1.165, 1.54) is 6.20 Å². The summed E-state index contributed by atoms with van der Waals surface area (Å²) in [6, 6.07) is 11.3. The third-order valence-corrected chi connectivity index (χ3v) is 2.50. The highest BCUT2D eigenvalue weighted by Gasteiger charge is 2.12. The van der Waals surface area contributed by atoms with Crippen LogP contribution in [-0.4, -0.2) is 17.6 Å². The molecule has 4 heteroatoms. The number of esters is 1. The smallest absolute Gasteiger partial charge is 0.340 e. The van der Waals surface area contributed by atoms with Crippen molar-refractivity contribution in [3.8, 4) is 11.3 Å². The predicted octanol–water partition coefficient (Wildman–Crippen LogP) is 2.51. The van der Waals surface area contributed by atoms with Gasteiger partial charge >= 0.3 is 5.97 Å². The van der Waals surface area contributed by atoms with Crippen LogP contribution >= 0.6 is 0 Å². The van der Waals surface area contributed by atoms with E-state index in [0.29, 0.717) is 23.6 Å². The molecule has 0 saturated carbocycles. The van der Waals surface area contributed by atoms with Crippen LogP contribution in [0, 0.1) is 0 Å². The van der Waals surface area contributed by atoms with Crippen LogP contribution in [0.15, 0.2) is 42.6 Å². The summed E-state index contributed by atoms with van der Waals surface area (Å²) in [5.74, 6) is -0.422. The molecule has 0 unspecified atom stereocenters. The molecule has 0 aliphatic carbocycles. The number of benzene rings is 1. The molecule has 2 aromatic rings. The Labute approximate surface area is 105 Å². The highest BCUT2D eigenvalue weighted by atomic mass is 16.5. The normalized spacial score (nSPS) is 10.1. The van der Waals surface area contributed by atoms with Crippen LogP contribution in [0.25, 0.3) is 11.3 Å². The molecule has 4 nitrogen and oxygen atoms in total. The highest BCUT2D eigenvalue weighted by Crippen LogP contribution is 2.21. The third kappa shape index (κ3) is 2.48. The summed E-state index contributed by atoms with van der Waals surface area (Å²) in [7, 11) is 0. The summed E-state index contributed by atoms with van der Waals surface area (Å²) in [6.07, 6.45) is 1.48. The van der Waals surface area contributed by atoms with Crippen molar-refractivity contribution in [3.05, 3.63) is 48.2 Å². The van der Waals surface area contributed by atoms with E-state index in [1.54, 1.807) is 13.0 Å². The van der Waals surface area contributed by atoms with Crippen LogP contribution in [-0.2, 0) is 4.74 Å². The van der Waals surface area contributed by atoms with Gasteiger partial charge in [0, 0.05) is 5.56 Å². The van der Waals surface area contributed by atoms with Crippen molar-refractivity contribution in [2.45, 2.75) is 6.92 Å². The lowest BCUT2D eigenvalue weighted by atomic mass is 10.1. The Morgan fingerprint density at radius 1 is 1.33 bits per heavy atom. The molecule has 92 valence electrons. The molecule has 0 aliphatic rings. The number of hydrogen-bond acceptors (Lipinski definition) is 4. The Kier molecular flexibility index (Phi) is 3.57. The van der Waals surface area contributed by atoms with E-state index in [4.69, 9.17) is 10.5 Å². The van der Waals surface area contributed by atoms with E-state index in [9.17, 15) is 4.79 Å². The number of pyridine rings is 1. The zero-order valence-electron chi connectivity index (χ0n) is 10.1. The third-order valence-electron chi connectivity index (χ3n) is 2.50. The Hall–Kier alpha value is -2.36. The fourth-order valence-electron chi connectivity index (χ4n) is 1.62. The van der Waals surface area contributed by atoms with Crippen LogP contribution in [0.1, 0.15) is 17.3 Å². The maximum absolute atomic E-state index is 11.7. The van der Waals surface area contributed by atoms with Crippen molar-refractivity contribution < 1.29 is 9.53 Å². The molecule has 2 rings (SSSR count). The highest BCUT2D eigenvalue weighted by molar-refractivity contribution is 5.96. The summed E-state index contributed by atoms with van der Waals surface area (Å²) >= 11 is 0. The molecule has 0 amide bonds. The zero-order chi connectivity index (χ0) is 13.0. The second-order valence-corrected chi connectivity index (χ2v) is 3.74. The van der Waals surface area contributed by atoms with Crippen LogP contribution < -0.4 is 5.73 Å². The molecule has 0 saturated heterocycles. The number of ether oxygens (including phenoxy) is 1. The molecule has 0 radical (unpaired) electrons. The van der Waals surface area contributed by atoms with Crippen molar-refractivity contribution in [3.63, 3.8) is 0 Å². The minimum absolute atomic E-state index is 0.321. The number of nitrogen functional groups attached to an aromatic ring is 1. The van der Waals surface area contributed by atoms with E-state index < -0.39 is 5.97 Å². The summed E-state index contributed by atoms with van der Waals surface area (Å²) < 4.78 is 4.95. The van der Waals surface area contributed by atoms with E-state index in [-0.39, 0.29) is 0 Å². The van der Waals surface area contributed by atoms with E-state index in [1.807, 2.05) is 30.3 Å². The maximum atomic E-state index is 11.7. The first-order chi connectivity index (χ1) is 8.72. The van der Waals surface area contributed by atoms with Crippen LogP contribution in [0.2, 0.25) is 0 Å². The lowest BCUT2D eigenvalue weighted by Gasteiger charge is -2.07. The average molecular weight is 242 g/mol. The summed E-state index contributed by atoms with van der Waals surface area (Å²) in [5.41, 5.74) is 8.05. The van der Waals surface area contributed by atoms with Crippen LogP contribution in [0.3, 0.4) is 0 Å². The second-order valence-electron chi connectivity index (χ2n) is 3.74. The van der Waals surface area contributed by atoms with Crippen molar-refractivity contribution >= 4 is 11.7 Å². The topological polar surface area (TPSA) is 65.2 Å². The number of aromatic nitrogens is 1. The molecular formula is C14H14N2O2. The van der Waals surface area contributed by atoms with Crippen molar-refractivity contribution in [2.24, 2.45) is 0 Å². The molecule has 0 atom stereocenters. The first-order valence-electron chi connectivity index (χ1n) is 5.70. The van der Waals surface area contributed by atoms with Crippen molar-refractivity contribution in [1.29, 1.82) is 0 Å². The van der Waals surface area contributed by atoms with Gasteiger partial charge in [0.1, 0.15) is 0 Å². The van der Waals surface area contributed by atoms with Crippen LogP contribution in [0.5, 0.6) is 0 Å². The number of anilines is 1. The van der Waals surface area contributed by atoms with Crippen molar-refractivity contribution in [2.75, 3.05) is 12.3 Å². The SMILES string of the molecule is CCOC(=O)c1cc(-c2ccccc2)ncc1N. The zero-order valence-corrected chi connectivity index (χ0v) is 10.1. The molecular weight excluding hydrogens is 228 g/mol. The fraction of sp³-hybridized carbons (Fsp3) is 0.143. The fourth-order valence-corrected chi connectivity index (χ4v) is 1.62. The van der Waals surface area contributed by atoms with Crippen molar-refractivity contribution in [1.82, 2.24) is 4.98 Å². The van der Waals surface area contributed by atoms with Gasteiger partial charge in [-0.05, 0) is 13.0 Å². The molecule has 0 fully saturated rings. The molecule has 1 aromatic carbocycles. The summed E-state index contributed by atoms with van der Waals surface area (Å²) in [4.78, 5) is 15.9. The van der Waals surface area contributed by atoms with E-state index in [2.05, 4.69) is 4.98 Å². The standard InChI is InChI=1S/C14H14N2O2/c1-2-18-14(17)11-8-13(16-9-12(11)15)10-6-4-3-5-7-10/h3-9H,2,15H2,1H3. The Morgan fingerprint density at radius 2 is 2.06 bits per heavy atom. The number of nitrogens with two attached hydrogens (primary N) is 1. The van der Waals surface area contributed by atoms with Gasteiger partial charge in [-0.3, -0.25) is 4.98 Å². The minimum atomic E-state index is -0.422. The summed E-state index contributed by atoms with van der Waals surface area (Å²) in [5, 5.41) is 0. The van der Waals surface area contributed by atoms with Crippen LogP contribution in [0.4, 0.5) is 5.69 Å². The predicted molar refractivity (Wildman–Crippen MR) is 70.0 cm³/mol. The van der Waals surface area contributed by atoms with Gasteiger partial charge < -0.3 is 10.5 Å². The van der Waals surface area contributed by atoms with Gasteiger partial charge in [-0.15, -0.1) is 0 Å². The van der Waals surface area contributed by atoms with Gasteiger partial charge in [0.2, 0.25) is 0 Å². The number of carbonyl (C=O) groups excluding carboxylic acids is 1. The Morgan fingerprint density at radius 3 is 2.72 bits per heavy atom. The number of hydrogen-bond donors (Lipinski definition) is 1. The lowest BCUT2D eigenvalue weighted by Crippen LogP contribution is -2.08. The summed E-state index contributed by atoms with van der Waals surface area (Å²) in [6.45, 7) is 2.08. The monoisotopic (exact) mass is 242 g/mol. The second kappa shape index (κ2) is 5.31. The quantitative estimate of drug-likeness (QED) is 0.840. The van der Waals surface area contributed by atoms with Gasteiger partial charge in [-0.2, -0.15) is 0 Å². The van der Waals surface area contributed by atoms with Gasteiger partial charge in [-0.25, -0.2) is 4.79 Å². The molecule has 1 heterocycles. The lowest BCUT2D eigenvalue weighted by molar-refractivity contribution is 0.0527. The number of carbonyl (C=O) groups is 1. The van der Waals surface area contributed by atoms with Gasteiger partial charge in [0.05, 0.1) is 29.7 Å². The minimum Gasteiger partial charge on any atom is -0.462 e. The first-order valence-corrected chi connectivity index (χ1v) is 5.70. The number of nitrogens with zero attached hydrogens (tertiary/aromatic N) is 1. The molecule has 0 bridgehead atoms. The van der Waals surface area contributed by atoms with Gasteiger partial charge in [0.25, 0.3) is 0 Å². The maximum Gasteiger partial charge on any atom is 0.340 e. The van der Waals surface area contributed by atoms with E-state index in [0.717, 1.165) is 5.56 Å². The molecule has 0 spiro atoms. The molecule has 2 N–H and O–H groups in total. The average Bonchev–Trinajstić information content (AvgIpc) is 2.40. The molecule has 0 aliphatic heterocycles. The number of rotatable bonds is 3. The Bertz CT molecular complexity index is 553. The molecule has 18 heavy (non-hydrogen) atoms. The Balaban J connectivity index is 2.41. The first kappa shape index (κ1) is 12.1. The van der Waals surface area contributed by atoms with Gasteiger partial charge in [0.15, 0.2) is 0 Å². The largest absolute Gasteiger partial charge is 0.462 e. The molecule has 1 aromatic heterocycles.